The number of halogens is 1. The second-order valence-corrected chi connectivity index (χ2v) is 8.51. The summed E-state index contributed by atoms with van der Waals surface area (Å²) >= 11 is 7.63. The number of carbonyl (C=O) groups is 2. The fourth-order valence-electron chi connectivity index (χ4n) is 3.55. The number of nitrogens with one attached hydrogen (secondary N) is 1. The van der Waals surface area contributed by atoms with Crippen molar-refractivity contribution in [2.24, 2.45) is 0 Å². The molecule has 1 fully saturated rings. The van der Waals surface area contributed by atoms with E-state index in [4.69, 9.17) is 11.6 Å². The maximum absolute atomic E-state index is 13.0. The highest BCUT2D eigenvalue weighted by atomic mass is 35.5. The summed E-state index contributed by atoms with van der Waals surface area (Å²) in [6.45, 7) is 1.33. The lowest BCUT2D eigenvalue weighted by Gasteiger charge is -2.19. The Labute approximate surface area is 179 Å². The third-order valence-corrected chi connectivity index (χ3v) is 6.23. The first-order valence-corrected chi connectivity index (χ1v) is 10.8. The minimum atomic E-state index is -0.247. The number of likely N-dealkylation sites (tertiary alicyclic amines) is 1. The molecule has 1 aliphatic heterocycles. The molecule has 0 unspecified atom stereocenters. The van der Waals surface area contributed by atoms with Gasteiger partial charge in [-0.1, -0.05) is 41.9 Å². The Morgan fingerprint density at radius 2 is 1.97 bits per heavy atom. The standard InChI is InChI=1S/C23H21ClN2O2S/c24-19-10-8-17(9-11-19)22(20-6-3-13-29-20)25-23(28)18-5-1-4-16(14-18)15-26-12-2-7-21(26)27/h1,3-6,8-11,13-14,22H,2,7,12,15H2,(H,25,28)/t22-/m0/s1. The average molecular weight is 425 g/mol. The molecule has 2 amide bonds. The highest BCUT2D eigenvalue weighted by Crippen LogP contribution is 2.27. The van der Waals surface area contributed by atoms with Crippen LogP contribution in [0.4, 0.5) is 0 Å². The summed E-state index contributed by atoms with van der Waals surface area (Å²) in [7, 11) is 0. The first-order valence-electron chi connectivity index (χ1n) is 9.56. The number of rotatable bonds is 6. The van der Waals surface area contributed by atoms with Gasteiger partial charge in [-0.05, 0) is 53.3 Å². The highest BCUT2D eigenvalue weighted by Gasteiger charge is 2.21. The van der Waals surface area contributed by atoms with E-state index in [2.05, 4.69) is 5.32 Å². The molecule has 0 aliphatic carbocycles. The van der Waals surface area contributed by atoms with Crippen LogP contribution in [0, 0.1) is 0 Å². The van der Waals surface area contributed by atoms with E-state index < -0.39 is 0 Å². The van der Waals surface area contributed by atoms with Gasteiger partial charge in [0.05, 0.1) is 6.04 Å². The minimum absolute atomic E-state index is 0.145. The number of nitrogens with zero attached hydrogens (tertiary/aromatic N) is 1. The summed E-state index contributed by atoms with van der Waals surface area (Å²) in [5.74, 6) is 0.0355. The van der Waals surface area contributed by atoms with Crippen molar-refractivity contribution >= 4 is 34.8 Å². The molecule has 1 N–H and O–H groups in total. The molecule has 148 valence electrons. The van der Waals surface area contributed by atoms with Gasteiger partial charge in [-0.2, -0.15) is 0 Å². The van der Waals surface area contributed by atoms with E-state index in [1.807, 2.05) is 64.9 Å². The zero-order valence-corrected chi connectivity index (χ0v) is 17.4. The Morgan fingerprint density at radius 1 is 1.14 bits per heavy atom. The van der Waals surface area contributed by atoms with Gasteiger partial charge >= 0.3 is 0 Å². The van der Waals surface area contributed by atoms with E-state index in [-0.39, 0.29) is 17.9 Å². The molecule has 6 heteroatoms. The number of thiophene rings is 1. The molecule has 2 heterocycles. The third kappa shape index (κ3) is 4.69. The lowest BCUT2D eigenvalue weighted by Crippen LogP contribution is -2.29. The van der Waals surface area contributed by atoms with Crippen molar-refractivity contribution in [1.29, 1.82) is 0 Å². The summed E-state index contributed by atoms with van der Waals surface area (Å²) in [6, 6.07) is 18.8. The SMILES string of the molecule is O=C(N[C@@H](c1ccc(Cl)cc1)c1cccs1)c1cccc(CN2CCCC2=O)c1. The summed E-state index contributed by atoms with van der Waals surface area (Å²) in [4.78, 5) is 27.8. The molecule has 1 saturated heterocycles. The first kappa shape index (κ1) is 19.7. The van der Waals surface area contributed by atoms with Crippen LogP contribution in [0.5, 0.6) is 0 Å². The van der Waals surface area contributed by atoms with Crippen LogP contribution in [-0.2, 0) is 11.3 Å². The molecule has 29 heavy (non-hydrogen) atoms. The van der Waals surface area contributed by atoms with Gasteiger partial charge in [0.15, 0.2) is 0 Å². The van der Waals surface area contributed by atoms with Gasteiger partial charge in [-0.3, -0.25) is 9.59 Å². The number of hydrogen-bond donors (Lipinski definition) is 1. The lowest BCUT2D eigenvalue weighted by atomic mass is 10.0. The Morgan fingerprint density at radius 3 is 2.66 bits per heavy atom. The molecule has 4 nitrogen and oxygen atoms in total. The molecule has 0 bridgehead atoms. The molecule has 2 aromatic carbocycles. The van der Waals surface area contributed by atoms with E-state index in [1.165, 1.54) is 0 Å². The van der Waals surface area contributed by atoms with E-state index in [0.29, 0.717) is 23.6 Å². The first-order chi connectivity index (χ1) is 14.1. The lowest BCUT2D eigenvalue weighted by molar-refractivity contribution is -0.128. The van der Waals surface area contributed by atoms with Crippen molar-refractivity contribution in [3.05, 3.63) is 92.6 Å². The van der Waals surface area contributed by atoms with Crippen LogP contribution >= 0.6 is 22.9 Å². The van der Waals surface area contributed by atoms with E-state index >= 15 is 0 Å². The highest BCUT2D eigenvalue weighted by molar-refractivity contribution is 7.10. The third-order valence-electron chi connectivity index (χ3n) is 5.04. The smallest absolute Gasteiger partial charge is 0.252 e. The molecule has 3 aromatic rings. The van der Waals surface area contributed by atoms with Gasteiger partial charge in [0.25, 0.3) is 5.91 Å². The van der Waals surface area contributed by atoms with E-state index in [1.54, 1.807) is 17.4 Å². The fourth-order valence-corrected chi connectivity index (χ4v) is 4.47. The predicted octanol–water partition coefficient (Wildman–Crippen LogP) is 5.04. The van der Waals surface area contributed by atoms with Crippen LogP contribution in [-0.4, -0.2) is 23.3 Å². The van der Waals surface area contributed by atoms with Crippen LogP contribution in [0.1, 0.15) is 45.2 Å². The van der Waals surface area contributed by atoms with Crippen LogP contribution in [0.2, 0.25) is 5.02 Å². The normalized spacial score (nSPS) is 14.8. The van der Waals surface area contributed by atoms with Crippen molar-refractivity contribution < 1.29 is 9.59 Å². The van der Waals surface area contributed by atoms with Crippen molar-refractivity contribution in [3.63, 3.8) is 0 Å². The Hall–Kier alpha value is -2.63. The van der Waals surface area contributed by atoms with Crippen molar-refractivity contribution in [2.45, 2.75) is 25.4 Å². The molecule has 1 atom stereocenters. The van der Waals surface area contributed by atoms with Gasteiger partial charge in [0.2, 0.25) is 5.91 Å². The Kier molecular flexibility index (Phi) is 5.97. The van der Waals surface area contributed by atoms with Crippen molar-refractivity contribution in [3.8, 4) is 0 Å². The van der Waals surface area contributed by atoms with Gasteiger partial charge < -0.3 is 10.2 Å². The van der Waals surface area contributed by atoms with Crippen LogP contribution in [0.15, 0.2) is 66.0 Å². The monoisotopic (exact) mass is 424 g/mol. The zero-order valence-electron chi connectivity index (χ0n) is 15.8. The van der Waals surface area contributed by atoms with Gasteiger partial charge in [-0.25, -0.2) is 0 Å². The molecule has 0 radical (unpaired) electrons. The van der Waals surface area contributed by atoms with E-state index in [9.17, 15) is 9.59 Å². The summed E-state index contributed by atoms with van der Waals surface area (Å²) in [6.07, 6.45) is 1.52. The number of amides is 2. The average Bonchev–Trinajstić information content (AvgIpc) is 3.39. The maximum Gasteiger partial charge on any atom is 0.252 e. The Balaban J connectivity index is 1.54. The second-order valence-electron chi connectivity index (χ2n) is 7.09. The Bertz CT molecular complexity index is 1000. The summed E-state index contributed by atoms with van der Waals surface area (Å²) < 4.78 is 0. The van der Waals surface area contributed by atoms with E-state index in [0.717, 1.165) is 29.0 Å². The number of carbonyl (C=O) groups excluding carboxylic acids is 2. The summed E-state index contributed by atoms with van der Waals surface area (Å²) in [5.41, 5.74) is 2.53. The second kappa shape index (κ2) is 8.80. The topological polar surface area (TPSA) is 49.4 Å². The van der Waals surface area contributed by atoms with Gasteiger partial charge in [0.1, 0.15) is 0 Å². The molecule has 4 rings (SSSR count). The molecule has 1 aromatic heterocycles. The van der Waals surface area contributed by atoms with Gasteiger partial charge in [-0.15, -0.1) is 11.3 Å². The van der Waals surface area contributed by atoms with Gasteiger partial charge in [0, 0.05) is 35.0 Å². The number of benzene rings is 2. The maximum atomic E-state index is 13.0. The van der Waals surface area contributed by atoms with Crippen LogP contribution < -0.4 is 5.32 Å². The molecule has 1 aliphatic rings. The molecule has 0 saturated carbocycles. The molecular weight excluding hydrogens is 404 g/mol. The quantitative estimate of drug-likeness (QED) is 0.602. The van der Waals surface area contributed by atoms with Crippen LogP contribution in [0.3, 0.4) is 0 Å². The largest absolute Gasteiger partial charge is 0.340 e. The zero-order chi connectivity index (χ0) is 20.2. The summed E-state index contributed by atoms with van der Waals surface area (Å²) in [5, 5.41) is 5.81. The fraction of sp³-hybridized carbons (Fsp3) is 0.217. The molecular formula is C23H21ClN2O2S. The van der Waals surface area contributed by atoms with Crippen molar-refractivity contribution in [2.75, 3.05) is 6.54 Å². The molecule has 0 spiro atoms. The number of hydrogen-bond acceptors (Lipinski definition) is 3. The van der Waals surface area contributed by atoms with Crippen LogP contribution in [0.25, 0.3) is 0 Å². The van der Waals surface area contributed by atoms with Crippen molar-refractivity contribution in [1.82, 2.24) is 10.2 Å². The minimum Gasteiger partial charge on any atom is -0.340 e. The predicted molar refractivity (Wildman–Crippen MR) is 116 cm³/mol.